The summed E-state index contributed by atoms with van der Waals surface area (Å²) in [6.07, 6.45) is 5.24. The van der Waals surface area contributed by atoms with E-state index in [1.54, 1.807) is 0 Å². The molecule has 1 saturated heterocycles. The average Bonchev–Trinajstić information content (AvgIpc) is 2.01. The van der Waals surface area contributed by atoms with Crippen molar-refractivity contribution in [1.29, 1.82) is 0 Å². The van der Waals surface area contributed by atoms with Crippen LogP contribution in [0.15, 0.2) is 0 Å². The molecule has 2 nitrogen and oxygen atoms in total. The molecule has 1 rings (SSSR count). The highest BCUT2D eigenvalue weighted by Crippen LogP contribution is 2.20. The first-order valence-corrected chi connectivity index (χ1v) is 4.76. The van der Waals surface area contributed by atoms with E-state index >= 15 is 0 Å². The molecule has 3 N–H and O–H groups in total. The van der Waals surface area contributed by atoms with Crippen molar-refractivity contribution >= 4 is 0 Å². The number of piperidine rings is 1. The highest BCUT2D eigenvalue weighted by molar-refractivity contribution is 4.74. The molecule has 2 heteroatoms. The molecular weight excluding hydrogens is 136 g/mol. The zero-order chi connectivity index (χ0) is 8.10. The highest BCUT2D eigenvalue weighted by atomic mass is 14.9. The normalized spacial score (nSPS) is 32.2. The van der Waals surface area contributed by atoms with Gasteiger partial charge in [-0.15, -0.1) is 0 Å². The largest absolute Gasteiger partial charge is 0.330 e. The fourth-order valence-electron chi connectivity index (χ4n) is 1.90. The van der Waals surface area contributed by atoms with Gasteiger partial charge in [-0.05, 0) is 51.6 Å². The molecule has 0 aromatic heterocycles. The molecule has 66 valence electrons. The molecule has 1 aliphatic rings. The minimum atomic E-state index is 0.728. The monoisotopic (exact) mass is 156 g/mol. The molecule has 0 bridgehead atoms. The molecule has 0 amide bonds. The van der Waals surface area contributed by atoms with Gasteiger partial charge in [0.2, 0.25) is 0 Å². The van der Waals surface area contributed by atoms with Crippen molar-refractivity contribution in [3.05, 3.63) is 0 Å². The SMILES string of the molecule is CC1CC(CCCN)CCN1. The summed E-state index contributed by atoms with van der Waals surface area (Å²) >= 11 is 0. The van der Waals surface area contributed by atoms with Gasteiger partial charge in [0.05, 0.1) is 0 Å². The molecule has 0 spiro atoms. The average molecular weight is 156 g/mol. The van der Waals surface area contributed by atoms with E-state index in [0.29, 0.717) is 0 Å². The summed E-state index contributed by atoms with van der Waals surface area (Å²) in [6, 6.07) is 0.728. The fourth-order valence-corrected chi connectivity index (χ4v) is 1.90. The van der Waals surface area contributed by atoms with Crippen molar-refractivity contribution in [3.8, 4) is 0 Å². The lowest BCUT2D eigenvalue weighted by Crippen LogP contribution is -2.35. The van der Waals surface area contributed by atoms with Gasteiger partial charge in [0.15, 0.2) is 0 Å². The standard InChI is InChI=1S/C9H20N2/c1-8-7-9(3-2-5-10)4-6-11-8/h8-9,11H,2-7,10H2,1H3. The van der Waals surface area contributed by atoms with Gasteiger partial charge in [0, 0.05) is 6.04 Å². The number of hydrogen-bond donors (Lipinski definition) is 2. The molecule has 0 saturated carbocycles. The van der Waals surface area contributed by atoms with Gasteiger partial charge in [0.1, 0.15) is 0 Å². The molecule has 11 heavy (non-hydrogen) atoms. The van der Waals surface area contributed by atoms with Gasteiger partial charge in [-0.3, -0.25) is 0 Å². The maximum absolute atomic E-state index is 5.46. The van der Waals surface area contributed by atoms with Crippen molar-refractivity contribution in [2.75, 3.05) is 13.1 Å². The third kappa shape index (κ3) is 3.21. The van der Waals surface area contributed by atoms with Crippen LogP contribution in [-0.2, 0) is 0 Å². The molecule has 2 unspecified atom stereocenters. The number of rotatable bonds is 3. The molecule has 0 aliphatic carbocycles. The Morgan fingerprint density at radius 2 is 2.36 bits per heavy atom. The minimum Gasteiger partial charge on any atom is -0.330 e. The Balaban J connectivity index is 2.12. The zero-order valence-corrected chi connectivity index (χ0v) is 7.47. The van der Waals surface area contributed by atoms with Gasteiger partial charge in [-0.2, -0.15) is 0 Å². The zero-order valence-electron chi connectivity index (χ0n) is 7.47. The van der Waals surface area contributed by atoms with Crippen LogP contribution in [0.1, 0.15) is 32.6 Å². The van der Waals surface area contributed by atoms with Crippen LogP contribution in [0.5, 0.6) is 0 Å². The minimum absolute atomic E-state index is 0.728. The second-order valence-corrected chi connectivity index (χ2v) is 3.68. The molecule has 1 aliphatic heterocycles. The second kappa shape index (κ2) is 4.73. The second-order valence-electron chi connectivity index (χ2n) is 3.68. The maximum atomic E-state index is 5.46. The van der Waals surface area contributed by atoms with E-state index in [1.807, 2.05) is 0 Å². The van der Waals surface area contributed by atoms with Gasteiger partial charge >= 0.3 is 0 Å². The molecule has 1 fully saturated rings. The number of nitrogens with one attached hydrogen (secondary N) is 1. The van der Waals surface area contributed by atoms with E-state index in [1.165, 1.54) is 32.2 Å². The van der Waals surface area contributed by atoms with E-state index < -0.39 is 0 Å². The first-order chi connectivity index (χ1) is 5.33. The molecule has 2 atom stereocenters. The van der Waals surface area contributed by atoms with E-state index in [0.717, 1.165) is 18.5 Å². The van der Waals surface area contributed by atoms with Crippen LogP contribution in [-0.4, -0.2) is 19.1 Å². The Bertz CT molecular complexity index is 104. The summed E-state index contributed by atoms with van der Waals surface area (Å²) in [4.78, 5) is 0. The molecule has 0 aromatic rings. The van der Waals surface area contributed by atoms with Crippen molar-refractivity contribution in [1.82, 2.24) is 5.32 Å². The Morgan fingerprint density at radius 3 is 3.00 bits per heavy atom. The molecule has 1 heterocycles. The summed E-state index contributed by atoms with van der Waals surface area (Å²) in [6.45, 7) is 4.34. The van der Waals surface area contributed by atoms with Crippen LogP contribution >= 0.6 is 0 Å². The summed E-state index contributed by atoms with van der Waals surface area (Å²) in [5.74, 6) is 0.940. The molecular formula is C9H20N2. The topological polar surface area (TPSA) is 38.0 Å². The van der Waals surface area contributed by atoms with Gasteiger partial charge < -0.3 is 11.1 Å². The van der Waals surface area contributed by atoms with Crippen molar-refractivity contribution in [2.45, 2.75) is 38.6 Å². The third-order valence-electron chi connectivity index (χ3n) is 2.55. The lowest BCUT2D eigenvalue weighted by Gasteiger charge is -2.27. The predicted molar refractivity (Wildman–Crippen MR) is 48.5 cm³/mol. The lowest BCUT2D eigenvalue weighted by atomic mass is 9.89. The van der Waals surface area contributed by atoms with E-state index in [4.69, 9.17) is 5.73 Å². The first kappa shape index (κ1) is 9.01. The van der Waals surface area contributed by atoms with Crippen LogP contribution in [0.2, 0.25) is 0 Å². The van der Waals surface area contributed by atoms with Gasteiger partial charge in [-0.25, -0.2) is 0 Å². The number of nitrogens with two attached hydrogens (primary N) is 1. The quantitative estimate of drug-likeness (QED) is 0.642. The van der Waals surface area contributed by atoms with E-state index in [2.05, 4.69) is 12.2 Å². The summed E-state index contributed by atoms with van der Waals surface area (Å²) in [5.41, 5.74) is 5.46. The third-order valence-corrected chi connectivity index (χ3v) is 2.55. The number of hydrogen-bond acceptors (Lipinski definition) is 2. The Labute approximate surface area is 69.5 Å². The highest BCUT2D eigenvalue weighted by Gasteiger charge is 2.16. The first-order valence-electron chi connectivity index (χ1n) is 4.76. The van der Waals surface area contributed by atoms with Crippen molar-refractivity contribution < 1.29 is 0 Å². The predicted octanol–water partition coefficient (Wildman–Crippen LogP) is 1.11. The summed E-state index contributed by atoms with van der Waals surface area (Å²) in [7, 11) is 0. The summed E-state index contributed by atoms with van der Waals surface area (Å²) in [5, 5.41) is 3.46. The Kier molecular flexibility index (Phi) is 3.87. The maximum Gasteiger partial charge on any atom is 0.00413 e. The van der Waals surface area contributed by atoms with Crippen LogP contribution < -0.4 is 11.1 Å². The van der Waals surface area contributed by atoms with Crippen LogP contribution in [0, 0.1) is 5.92 Å². The van der Waals surface area contributed by atoms with E-state index in [9.17, 15) is 0 Å². The molecule has 0 aromatic carbocycles. The molecule has 0 radical (unpaired) electrons. The Morgan fingerprint density at radius 1 is 1.55 bits per heavy atom. The van der Waals surface area contributed by atoms with Crippen LogP contribution in [0.3, 0.4) is 0 Å². The van der Waals surface area contributed by atoms with Crippen LogP contribution in [0.25, 0.3) is 0 Å². The summed E-state index contributed by atoms with van der Waals surface area (Å²) < 4.78 is 0. The van der Waals surface area contributed by atoms with Crippen molar-refractivity contribution in [3.63, 3.8) is 0 Å². The van der Waals surface area contributed by atoms with Gasteiger partial charge in [0.25, 0.3) is 0 Å². The van der Waals surface area contributed by atoms with Crippen molar-refractivity contribution in [2.24, 2.45) is 11.7 Å². The lowest BCUT2D eigenvalue weighted by molar-refractivity contribution is 0.297. The van der Waals surface area contributed by atoms with E-state index in [-0.39, 0.29) is 0 Å². The fraction of sp³-hybridized carbons (Fsp3) is 1.00. The van der Waals surface area contributed by atoms with Crippen LogP contribution in [0.4, 0.5) is 0 Å². The Hall–Kier alpha value is -0.0800. The van der Waals surface area contributed by atoms with Gasteiger partial charge in [-0.1, -0.05) is 0 Å². The smallest absolute Gasteiger partial charge is 0.00413 e.